The van der Waals surface area contributed by atoms with Gasteiger partial charge in [0.15, 0.2) is 0 Å². The molecule has 1 atom stereocenters. The number of hydrogen-bond acceptors (Lipinski definition) is 2. The van der Waals surface area contributed by atoms with Gasteiger partial charge in [0.05, 0.1) is 0 Å². The number of allylic oxidation sites excluding steroid dienone is 1. The van der Waals surface area contributed by atoms with Crippen molar-refractivity contribution in [1.29, 1.82) is 0 Å². The highest BCUT2D eigenvalue weighted by Gasteiger charge is 2.10. The Hall–Kier alpha value is -0.920. The van der Waals surface area contributed by atoms with Crippen LogP contribution in [0.1, 0.15) is 32.1 Å². The standard InChI is InChI=1S/C11H16N2/c1-2-4-10(5-3-1)6-7-11-8-12-9-13-11/h6-11H,1-5H2/b7-6+. The number of aliphatic imine (C=N–C) groups is 2. The maximum Gasteiger partial charge on any atom is 0.110 e. The summed E-state index contributed by atoms with van der Waals surface area (Å²) in [6.07, 6.45) is 15.0. The first-order chi connectivity index (χ1) is 6.45. The number of rotatable bonds is 2. The summed E-state index contributed by atoms with van der Waals surface area (Å²) in [7, 11) is 0. The van der Waals surface area contributed by atoms with Crippen molar-refractivity contribution in [2.45, 2.75) is 38.1 Å². The molecular formula is C11H16N2. The smallest absolute Gasteiger partial charge is 0.110 e. The Balaban J connectivity index is 1.81. The van der Waals surface area contributed by atoms with Gasteiger partial charge in [0.2, 0.25) is 0 Å². The molecule has 0 saturated heterocycles. The zero-order chi connectivity index (χ0) is 8.93. The second-order valence-corrected chi connectivity index (χ2v) is 3.84. The molecule has 0 N–H and O–H groups in total. The minimum atomic E-state index is 0.224. The molecule has 2 aliphatic rings. The quantitative estimate of drug-likeness (QED) is 0.578. The lowest BCUT2D eigenvalue weighted by Crippen LogP contribution is -2.04. The summed E-state index contributed by atoms with van der Waals surface area (Å²) in [5, 5.41) is 0. The van der Waals surface area contributed by atoms with Crippen LogP contribution in [0.4, 0.5) is 0 Å². The van der Waals surface area contributed by atoms with Gasteiger partial charge >= 0.3 is 0 Å². The summed E-state index contributed by atoms with van der Waals surface area (Å²) in [6, 6.07) is 0.224. The van der Waals surface area contributed by atoms with E-state index in [1.54, 1.807) is 6.34 Å². The molecule has 0 bridgehead atoms. The molecular weight excluding hydrogens is 160 g/mol. The molecule has 1 heterocycles. The molecule has 0 spiro atoms. The summed E-state index contributed by atoms with van der Waals surface area (Å²) >= 11 is 0. The molecule has 1 fully saturated rings. The monoisotopic (exact) mass is 176 g/mol. The molecule has 2 nitrogen and oxygen atoms in total. The minimum Gasteiger partial charge on any atom is -0.260 e. The van der Waals surface area contributed by atoms with Crippen molar-refractivity contribution in [1.82, 2.24) is 0 Å². The van der Waals surface area contributed by atoms with Crippen molar-refractivity contribution >= 4 is 12.6 Å². The summed E-state index contributed by atoms with van der Waals surface area (Å²) in [6.45, 7) is 0. The lowest BCUT2D eigenvalue weighted by molar-refractivity contribution is 0.419. The fraction of sp³-hybridized carbons (Fsp3) is 0.636. The van der Waals surface area contributed by atoms with Crippen LogP contribution < -0.4 is 0 Å². The van der Waals surface area contributed by atoms with Gasteiger partial charge in [0, 0.05) is 6.21 Å². The van der Waals surface area contributed by atoms with E-state index in [1.807, 2.05) is 6.21 Å². The third-order valence-corrected chi connectivity index (χ3v) is 2.77. The summed E-state index contributed by atoms with van der Waals surface area (Å²) < 4.78 is 0. The van der Waals surface area contributed by atoms with E-state index in [0.717, 1.165) is 5.92 Å². The molecule has 70 valence electrons. The zero-order valence-corrected chi connectivity index (χ0v) is 7.89. The predicted molar refractivity (Wildman–Crippen MR) is 56.5 cm³/mol. The van der Waals surface area contributed by atoms with E-state index in [2.05, 4.69) is 22.1 Å². The van der Waals surface area contributed by atoms with Crippen LogP contribution in [-0.2, 0) is 0 Å². The highest BCUT2D eigenvalue weighted by Crippen LogP contribution is 2.24. The highest BCUT2D eigenvalue weighted by molar-refractivity contribution is 5.83. The molecule has 2 heteroatoms. The van der Waals surface area contributed by atoms with E-state index in [-0.39, 0.29) is 6.04 Å². The van der Waals surface area contributed by atoms with E-state index in [0.29, 0.717) is 0 Å². The SMILES string of the molecule is C1=NC=NC1/C=C/C1CCCCC1. The van der Waals surface area contributed by atoms with Gasteiger partial charge in [-0.2, -0.15) is 0 Å². The number of hydrogen-bond donors (Lipinski definition) is 0. The third-order valence-electron chi connectivity index (χ3n) is 2.77. The molecule has 0 aromatic heterocycles. The number of nitrogens with zero attached hydrogens (tertiary/aromatic N) is 2. The van der Waals surface area contributed by atoms with Gasteiger partial charge in [-0.1, -0.05) is 31.4 Å². The second-order valence-electron chi connectivity index (χ2n) is 3.84. The van der Waals surface area contributed by atoms with Crippen molar-refractivity contribution in [3.05, 3.63) is 12.2 Å². The Labute approximate surface area is 79.5 Å². The van der Waals surface area contributed by atoms with Crippen molar-refractivity contribution < 1.29 is 0 Å². The lowest BCUT2D eigenvalue weighted by Gasteiger charge is -2.17. The van der Waals surface area contributed by atoms with Crippen LogP contribution in [0.3, 0.4) is 0 Å². The van der Waals surface area contributed by atoms with E-state index in [9.17, 15) is 0 Å². The predicted octanol–water partition coefficient (Wildman–Crippen LogP) is 2.60. The summed E-state index contributed by atoms with van der Waals surface area (Å²) in [5.74, 6) is 0.804. The van der Waals surface area contributed by atoms with Crippen molar-refractivity contribution in [2.75, 3.05) is 0 Å². The first-order valence-corrected chi connectivity index (χ1v) is 5.18. The van der Waals surface area contributed by atoms with Gasteiger partial charge < -0.3 is 0 Å². The van der Waals surface area contributed by atoms with Gasteiger partial charge in [0.1, 0.15) is 12.4 Å². The molecule has 13 heavy (non-hydrogen) atoms. The third kappa shape index (κ3) is 2.51. The molecule has 0 amide bonds. The lowest BCUT2D eigenvalue weighted by atomic mass is 9.89. The van der Waals surface area contributed by atoms with E-state index in [1.165, 1.54) is 32.1 Å². The summed E-state index contributed by atoms with van der Waals surface area (Å²) in [5.41, 5.74) is 0. The van der Waals surface area contributed by atoms with Crippen LogP contribution in [0.15, 0.2) is 22.1 Å². The Bertz CT molecular complexity index is 222. The van der Waals surface area contributed by atoms with Gasteiger partial charge in [-0.25, -0.2) is 4.99 Å². The zero-order valence-electron chi connectivity index (χ0n) is 7.89. The molecule has 1 saturated carbocycles. The van der Waals surface area contributed by atoms with Crippen LogP contribution in [0.5, 0.6) is 0 Å². The van der Waals surface area contributed by atoms with Gasteiger partial charge in [-0.15, -0.1) is 0 Å². The van der Waals surface area contributed by atoms with Crippen LogP contribution in [0.25, 0.3) is 0 Å². The van der Waals surface area contributed by atoms with Crippen molar-refractivity contribution in [2.24, 2.45) is 15.9 Å². The fourth-order valence-electron chi connectivity index (χ4n) is 1.98. The van der Waals surface area contributed by atoms with Crippen LogP contribution in [0.2, 0.25) is 0 Å². The Kier molecular flexibility index (Phi) is 2.90. The maximum absolute atomic E-state index is 4.19. The molecule has 1 aliphatic carbocycles. The Morgan fingerprint density at radius 2 is 1.92 bits per heavy atom. The average molecular weight is 176 g/mol. The van der Waals surface area contributed by atoms with Crippen molar-refractivity contribution in [3.63, 3.8) is 0 Å². The highest BCUT2D eigenvalue weighted by atomic mass is 14.9. The molecule has 0 aromatic carbocycles. The minimum absolute atomic E-state index is 0.224. The largest absolute Gasteiger partial charge is 0.260 e. The van der Waals surface area contributed by atoms with Crippen LogP contribution in [-0.4, -0.2) is 18.6 Å². The topological polar surface area (TPSA) is 24.7 Å². The first kappa shape index (κ1) is 8.67. The van der Waals surface area contributed by atoms with E-state index in [4.69, 9.17) is 0 Å². The van der Waals surface area contributed by atoms with E-state index < -0.39 is 0 Å². The van der Waals surface area contributed by atoms with Gasteiger partial charge in [0.25, 0.3) is 0 Å². The Morgan fingerprint density at radius 3 is 2.62 bits per heavy atom. The first-order valence-electron chi connectivity index (χ1n) is 5.18. The van der Waals surface area contributed by atoms with Crippen molar-refractivity contribution in [3.8, 4) is 0 Å². The molecule has 2 rings (SSSR count). The molecule has 0 aromatic rings. The van der Waals surface area contributed by atoms with Gasteiger partial charge in [-0.05, 0) is 18.8 Å². The van der Waals surface area contributed by atoms with Gasteiger partial charge in [-0.3, -0.25) is 4.99 Å². The Morgan fingerprint density at radius 1 is 1.08 bits per heavy atom. The second kappa shape index (κ2) is 4.35. The van der Waals surface area contributed by atoms with Crippen LogP contribution in [0, 0.1) is 5.92 Å². The molecule has 0 radical (unpaired) electrons. The summed E-state index contributed by atoms with van der Waals surface area (Å²) in [4.78, 5) is 8.15. The average Bonchev–Trinajstić information content (AvgIpc) is 2.69. The fourth-order valence-corrected chi connectivity index (χ4v) is 1.98. The molecule has 1 unspecified atom stereocenters. The maximum atomic E-state index is 4.19. The van der Waals surface area contributed by atoms with Crippen LogP contribution >= 0.6 is 0 Å². The molecule has 1 aliphatic heterocycles. The normalized spacial score (nSPS) is 29.1. The van der Waals surface area contributed by atoms with E-state index >= 15 is 0 Å².